The van der Waals surface area contributed by atoms with Crippen LogP contribution in [0.5, 0.6) is 11.5 Å². The smallest absolute Gasteiger partial charge is 0.274 e. The summed E-state index contributed by atoms with van der Waals surface area (Å²) < 4.78 is 13.0. The molecular formula is C24H28N4O3. The SMILES string of the molecule is COc1cc(C(C)NC(=O)c2nnn(-c3ccccc3)c2C2CC2)ccc1OC(C)C. The molecule has 1 unspecified atom stereocenters. The Labute approximate surface area is 182 Å². The Morgan fingerprint density at radius 2 is 1.84 bits per heavy atom. The number of carbonyl (C=O) groups excluding carboxylic acids is 1. The summed E-state index contributed by atoms with van der Waals surface area (Å²) in [6.45, 7) is 5.88. The molecule has 0 saturated heterocycles. The van der Waals surface area contributed by atoms with Crippen molar-refractivity contribution in [3.63, 3.8) is 0 Å². The summed E-state index contributed by atoms with van der Waals surface area (Å²) in [7, 11) is 1.61. The largest absolute Gasteiger partial charge is 0.493 e. The van der Waals surface area contributed by atoms with E-state index in [1.54, 1.807) is 11.8 Å². The molecule has 1 heterocycles. The van der Waals surface area contributed by atoms with Crippen LogP contribution in [0, 0.1) is 0 Å². The van der Waals surface area contributed by atoms with Crippen molar-refractivity contribution in [3.05, 3.63) is 65.5 Å². The Hall–Kier alpha value is -3.35. The van der Waals surface area contributed by atoms with Gasteiger partial charge in [0.15, 0.2) is 17.2 Å². The first-order valence-corrected chi connectivity index (χ1v) is 10.6. The van der Waals surface area contributed by atoms with Crippen molar-refractivity contribution in [1.82, 2.24) is 20.3 Å². The lowest BCUT2D eigenvalue weighted by molar-refractivity contribution is 0.0933. The van der Waals surface area contributed by atoms with Gasteiger partial charge in [-0.15, -0.1) is 5.10 Å². The monoisotopic (exact) mass is 420 g/mol. The minimum Gasteiger partial charge on any atom is -0.493 e. The van der Waals surface area contributed by atoms with Gasteiger partial charge in [0.05, 0.1) is 30.6 Å². The van der Waals surface area contributed by atoms with Gasteiger partial charge >= 0.3 is 0 Å². The van der Waals surface area contributed by atoms with E-state index >= 15 is 0 Å². The van der Waals surface area contributed by atoms with Gasteiger partial charge in [-0.05, 0) is 63.4 Å². The standard InChI is InChI=1S/C24H28N4O3/c1-15(2)31-20-13-12-18(14-21(20)30-4)16(3)25-24(29)22-23(17-10-11-17)28(27-26-22)19-8-6-5-7-9-19/h5-9,12-17H,10-11H2,1-4H3,(H,25,29). The van der Waals surface area contributed by atoms with Gasteiger partial charge in [0.2, 0.25) is 0 Å². The first-order valence-electron chi connectivity index (χ1n) is 10.6. The number of nitrogens with one attached hydrogen (secondary N) is 1. The van der Waals surface area contributed by atoms with Crippen LogP contribution in [0.4, 0.5) is 0 Å². The maximum atomic E-state index is 13.1. The molecule has 162 valence electrons. The van der Waals surface area contributed by atoms with Crippen molar-refractivity contribution in [1.29, 1.82) is 0 Å². The molecule has 2 aromatic carbocycles. The fourth-order valence-corrected chi connectivity index (χ4v) is 3.59. The summed E-state index contributed by atoms with van der Waals surface area (Å²) in [5.74, 6) is 1.42. The zero-order valence-corrected chi connectivity index (χ0v) is 18.3. The number of methoxy groups -OCH3 is 1. The third-order valence-corrected chi connectivity index (χ3v) is 5.28. The van der Waals surface area contributed by atoms with Crippen LogP contribution in [0.15, 0.2) is 48.5 Å². The predicted molar refractivity (Wildman–Crippen MR) is 118 cm³/mol. The molecule has 3 aromatic rings. The van der Waals surface area contributed by atoms with Crippen LogP contribution in [0.3, 0.4) is 0 Å². The fourth-order valence-electron chi connectivity index (χ4n) is 3.59. The van der Waals surface area contributed by atoms with Gasteiger partial charge < -0.3 is 14.8 Å². The molecule has 0 radical (unpaired) electrons. The van der Waals surface area contributed by atoms with E-state index in [4.69, 9.17) is 9.47 Å². The molecule has 1 aliphatic carbocycles. The number of rotatable bonds is 8. The number of amides is 1. The average Bonchev–Trinajstić information content (AvgIpc) is 3.51. The Morgan fingerprint density at radius 3 is 2.48 bits per heavy atom. The van der Waals surface area contributed by atoms with E-state index in [9.17, 15) is 4.79 Å². The van der Waals surface area contributed by atoms with E-state index < -0.39 is 0 Å². The summed E-state index contributed by atoms with van der Waals surface area (Å²) >= 11 is 0. The molecular weight excluding hydrogens is 392 g/mol. The molecule has 1 fully saturated rings. The van der Waals surface area contributed by atoms with Gasteiger partial charge in [-0.25, -0.2) is 4.68 Å². The van der Waals surface area contributed by atoms with Gasteiger partial charge in [0.1, 0.15) is 0 Å². The maximum Gasteiger partial charge on any atom is 0.274 e. The molecule has 7 heteroatoms. The fraction of sp³-hybridized carbons (Fsp3) is 0.375. The maximum absolute atomic E-state index is 13.1. The molecule has 1 amide bonds. The summed E-state index contributed by atoms with van der Waals surface area (Å²) in [6, 6.07) is 15.3. The van der Waals surface area contributed by atoms with Gasteiger partial charge in [0.25, 0.3) is 5.91 Å². The van der Waals surface area contributed by atoms with Crippen molar-refractivity contribution >= 4 is 5.91 Å². The highest BCUT2D eigenvalue weighted by Crippen LogP contribution is 2.42. The number of ether oxygens (including phenoxy) is 2. The molecule has 31 heavy (non-hydrogen) atoms. The number of benzene rings is 2. The second-order valence-electron chi connectivity index (χ2n) is 8.12. The number of nitrogens with zero attached hydrogens (tertiary/aromatic N) is 3. The van der Waals surface area contributed by atoms with Gasteiger partial charge in [0, 0.05) is 5.92 Å². The van der Waals surface area contributed by atoms with Crippen molar-refractivity contribution in [3.8, 4) is 17.2 Å². The van der Waals surface area contributed by atoms with Crippen molar-refractivity contribution < 1.29 is 14.3 Å². The zero-order chi connectivity index (χ0) is 22.0. The molecule has 0 spiro atoms. The second kappa shape index (κ2) is 8.79. The van der Waals surface area contributed by atoms with Gasteiger partial charge in [-0.1, -0.05) is 29.5 Å². The molecule has 1 aromatic heterocycles. The van der Waals surface area contributed by atoms with E-state index in [1.807, 2.05) is 69.3 Å². The molecule has 0 aliphatic heterocycles. The first kappa shape index (κ1) is 20.9. The summed E-state index contributed by atoms with van der Waals surface area (Å²) in [5.41, 5.74) is 3.11. The van der Waals surface area contributed by atoms with Gasteiger partial charge in [-0.3, -0.25) is 4.79 Å². The second-order valence-corrected chi connectivity index (χ2v) is 8.12. The lowest BCUT2D eigenvalue weighted by Crippen LogP contribution is -2.28. The molecule has 1 saturated carbocycles. The van der Waals surface area contributed by atoms with E-state index in [0.29, 0.717) is 23.1 Å². The van der Waals surface area contributed by atoms with Crippen LogP contribution in [0.25, 0.3) is 5.69 Å². The molecule has 4 rings (SSSR count). The van der Waals surface area contributed by atoms with Crippen LogP contribution >= 0.6 is 0 Å². The van der Waals surface area contributed by atoms with E-state index in [0.717, 1.165) is 29.8 Å². The Kier molecular flexibility index (Phi) is 5.93. The Bertz CT molecular complexity index is 1060. The Balaban J connectivity index is 1.55. The minimum absolute atomic E-state index is 0.0462. The van der Waals surface area contributed by atoms with Crippen molar-refractivity contribution in [2.45, 2.75) is 51.7 Å². The lowest BCUT2D eigenvalue weighted by atomic mass is 10.1. The normalized spacial score (nSPS) is 14.4. The highest BCUT2D eigenvalue weighted by molar-refractivity contribution is 5.94. The highest BCUT2D eigenvalue weighted by atomic mass is 16.5. The molecule has 1 N–H and O–H groups in total. The zero-order valence-electron chi connectivity index (χ0n) is 18.3. The summed E-state index contributed by atoms with van der Waals surface area (Å²) in [5, 5.41) is 11.6. The number of aromatic nitrogens is 3. The lowest BCUT2D eigenvalue weighted by Gasteiger charge is -2.18. The number of hydrogen-bond donors (Lipinski definition) is 1. The molecule has 0 bridgehead atoms. The van der Waals surface area contributed by atoms with Crippen LogP contribution in [0.1, 0.15) is 67.3 Å². The van der Waals surface area contributed by atoms with Gasteiger partial charge in [-0.2, -0.15) is 0 Å². The van der Waals surface area contributed by atoms with Crippen LogP contribution in [-0.4, -0.2) is 34.1 Å². The number of para-hydroxylation sites is 1. The summed E-state index contributed by atoms with van der Waals surface area (Å²) in [4.78, 5) is 13.1. The molecule has 1 atom stereocenters. The van der Waals surface area contributed by atoms with E-state index in [1.165, 1.54) is 0 Å². The average molecular weight is 421 g/mol. The van der Waals surface area contributed by atoms with Crippen LogP contribution in [-0.2, 0) is 0 Å². The topological polar surface area (TPSA) is 78.3 Å². The molecule has 1 aliphatic rings. The van der Waals surface area contributed by atoms with E-state index in [-0.39, 0.29) is 18.1 Å². The number of carbonyl (C=O) groups is 1. The van der Waals surface area contributed by atoms with E-state index in [2.05, 4.69) is 15.6 Å². The Morgan fingerprint density at radius 1 is 1.10 bits per heavy atom. The third kappa shape index (κ3) is 4.55. The van der Waals surface area contributed by atoms with Crippen molar-refractivity contribution in [2.24, 2.45) is 0 Å². The molecule has 7 nitrogen and oxygen atoms in total. The number of hydrogen-bond acceptors (Lipinski definition) is 5. The first-order chi connectivity index (χ1) is 15.0. The minimum atomic E-state index is -0.233. The quantitative estimate of drug-likeness (QED) is 0.583. The van der Waals surface area contributed by atoms with Crippen LogP contribution < -0.4 is 14.8 Å². The third-order valence-electron chi connectivity index (χ3n) is 5.28. The van der Waals surface area contributed by atoms with Crippen molar-refractivity contribution in [2.75, 3.05) is 7.11 Å². The predicted octanol–water partition coefficient (Wildman–Crippen LogP) is 4.43. The summed E-state index contributed by atoms with van der Waals surface area (Å²) in [6.07, 6.45) is 2.14. The highest BCUT2D eigenvalue weighted by Gasteiger charge is 2.34. The van der Waals surface area contributed by atoms with Crippen LogP contribution in [0.2, 0.25) is 0 Å².